The molecule has 1 aromatic heterocycles. The van der Waals surface area contributed by atoms with Gasteiger partial charge in [-0.2, -0.15) is 0 Å². The lowest BCUT2D eigenvalue weighted by molar-refractivity contribution is -0.129. The number of ether oxygens (including phenoxy) is 1. The lowest BCUT2D eigenvalue weighted by atomic mass is 9.89. The van der Waals surface area contributed by atoms with Crippen molar-refractivity contribution >= 4 is 12.0 Å². The van der Waals surface area contributed by atoms with Crippen LogP contribution >= 0.6 is 0 Å². The van der Waals surface area contributed by atoms with Gasteiger partial charge in [0, 0.05) is 31.4 Å². The number of carbonyl (C=O) groups excluding carboxylic acids is 2. The zero-order valence-corrected chi connectivity index (χ0v) is 13.6. The molecule has 0 radical (unpaired) electrons. The number of rotatable bonds is 6. The molecule has 2 rings (SSSR count). The first kappa shape index (κ1) is 16.5. The number of carbonyl (C=O) groups is 2. The van der Waals surface area contributed by atoms with E-state index in [9.17, 15) is 9.59 Å². The third-order valence-corrected chi connectivity index (χ3v) is 4.34. The van der Waals surface area contributed by atoms with E-state index < -0.39 is 6.09 Å². The van der Waals surface area contributed by atoms with Gasteiger partial charge in [0.2, 0.25) is 5.91 Å². The molecule has 2 amide bonds. The van der Waals surface area contributed by atoms with Gasteiger partial charge in [-0.25, -0.2) is 14.7 Å². The fraction of sp³-hybridized carbons (Fsp3) is 0.688. The van der Waals surface area contributed by atoms with Crippen molar-refractivity contribution in [3.63, 3.8) is 0 Å². The monoisotopic (exact) mass is 307 g/mol. The number of hydrogen-bond acceptors (Lipinski definition) is 4. The van der Waals surface area contributed by atoms with Crippen LogP contribution in [0.15, 0.2) is 12.5 Å². The molecule has 2 heterocycles. The van der Waals surface area contributed by atoms with Crippen LogP contribution in [0.5, 0.6) is 0 Å². The van der Waals surface area contributed by atoms with Gasteiger partial charge < -0.3 is 9.30 Å². The van der Waals surface area contributed by atoms with Crippen molar-refractivity contribution in [2.45, 2.75) is 39.5 Å². The minimum absolute atomic E-state index is 0.101. The van der Waals surface area contributed by atoms with Crippen LogP contribution < -0.4 is 0 Å². The summed E-state index contributed by atoms with van der Waals surface area (Å²) in [4.78, 5) is 29.9. The minimum Gasteiger partial charge on any atom is -0.449 e. The zero-order chi connectivity index (χ0) is 16.1. The van der Waals surface area contributed by atoms with Gasteiger partial charge in [-0.1, -0.05) is 20.3 Å². The number of imide groups is 1. The Hall–Kier alpha value is -1.85. The Balaban J connectivity index is 2.02. The average Bonchev–Trinajstić information content (AvgIpc) is 3.03. The molecule has 1 saturated heterocycles. The van der Waals surface area contributed by atoms with Crippen LogP contribution in [0.25, 0.3) is 0 Å². The highest BCUT2D eigenvalue weighted by molar-refractivity contribution is 5.95. The molecule has 0 aliphatic carbocycles. The summed E-state index contributed by atoms with van der Waals surface area (Å²) >= 11 is 0. The molecule has 1 aliphatic heterocycles. The Morgan fingerprint density at radius 3 is 2.82 bits per heavy atom. The molecule has 1 aromatic rings. The van der Waals surface area contributed by atoms with E-state index in [0.29, 0.717) is 13.2 Å². The third-order valence-electron chi connectivity index (χ3n) is 4.34. The Labute approximate surface area is 131 Å². The van der Waals surface area contributed by atoms with Gasteiger partial charge in [-0.15, -0.1) is 0 Å². The fourth-order valence-corrected chi connectivity index (χ4v) is 2.96. The lowest BCUT2D eigenvalue weighted by Gasteiger charge is -2.15. The number of nitrogens with zero attached hydrogens (tertiary/aromatic N) is 3. The molecule has 0 spiro atoms. The summed E-state index contributed by atoms with van der Waals surface area (Å²) in [5, 5.41) is 0. The molecular formula is C16H25N3O3. The standard InChI is InChI=1S/C16H25N3O3/c1-4-6-7-22-16(21)19-10-12(14(5-2)15(19)20)8-13-9-17-11-18(13)3/h9,11-12,14H,4-8,10H2,1-3H3. The van der Waals surface area contributed by atoms with Gasteiger partial charge in [0.1, 0.15) is 0 Å². The first-order valence-electron chi connectivity index (χ1n) is 8.01. The van der Waals surface area contributed by atoms with Gasteiger partial charge in [0.25, 0.3) is 0 Å². The number of aromatic nitrogens is 2. The lowest BCUT2D eigenvalue weighted by Crippen LogP contribution is -2.34. The number of unbranched alkanes of at least 4 members (excludes halogenated alkanes) is 1. The molecule has 122 valence electrons. The normalized spacial score (nSPS) is 21.4. The highest BCUT2D eigenvalue weighted by Gasteiger charge is 2.42. The van der Waals surface area contributed by atoms with Crippen LogP contribution in [-0.2, 0) is 23.0 Å². The predicted octanol–water partition coefficient (Wildman–Crippen LogP) is 2.38. The second-order valence-corrected chi connectivity index (χ2v) is 5.89. The van der Waals surface area contributed by atoms with E-state index in [1.807, 2.05) is 31.7 Å². The summed E-state index contributed by atoms with van der Waals surface area (Å²) in [6.07, 6.45) is 6.35. The van der Waals surface area contributed by atoms with Gasteiger partial charge in [0.15, 0.2) is 0 Å². The van der Waals surface area contributed by atoms with Crippen LogP contribution in [0.2, 0.25) is 0 Å². The van der Waals surface area contributed by atoms with Crippen LogP contribution in [0.1, 0.15) is 38.8 Å². The summed E-state index contributed by atoms with van der Waals surface area (Å²) in [7, 11) is 1.94. The maximum Gasteiger partial charge on any atom is 0.416 e. The third kappa shape index (κ3) is 3.48. The maximum absolute atomic E-state index is 12.4. The molecule has 0 saturated carbocycles. The Bertz CT molecular complexity index is 526. The summed E-state index contributed by atoms with van der Waals surface area (Å²) in [6.45, 7) is 4.84. The predicted molar refractivity (Wildman–Crippen MR) is 82.2 cm³/mol. The van der Waals surface area contributed by atoms with E-state index in [0.717, 1.165) is 31.4 Å². The zero-order valence-electron chi connectivity index (χ0n) is 13.6. The molecule has 1 aliphatic rings. The van der Waals surface area contributed by atoms with E-state index in [1.54, 1.807) is 6.33 Å². The molecule has 0 bridgehead atoms. The molecule has 6 heteroatoms. The van der Waals surface area contributed by atoms with Crippen molar-refractivity contribution in [2.24, 2.45) is 18.9 Å². The van der Waals surface area contributed by atoms with Crippen molar-refractivity contribution in [3.05, 3.63) is 18.2 Å². The summed E-state index contributed by atoms with van der Waals surface area (Å²) < 4.78 is 7.14. The van der Waals surface area contributed by atoms with Gasteiger partial charge in [0.05, 0.1) is 12.9 Å². The van der Waals surface area contributed by atoms with Crippen LogP contribution in [-0.4, -0.2) is 39.6 Å². The van der Waals surface area contributed by atoms with Gasteiger partial charge in [-0.3, -0.25) is 4.79 Å². The highest BCUT2D eigenvalue weighted by atomic mass is 16.6. The summed E-state index contributed by atoms with van der Waals surface area (Å²) in [5.41, 5.74) is 1.08. The number of likely N-dealkylation sites (tertiary alicyclic amines) is 1. The molecule has 1 fully saturated rings. The van der Waals surface area contributed by atoms with Crippen molar-refractivity contribution in [3.8, 4) is 0 Å². The largest absolute Gasteiger partial charge is 0.449 e. The quantitative estimate of drug-likeness (QED) is 0.757. The summed E-state index contributed by atoms with van der Waals surface area (Å²) in [5.74, 6) is -0.0867. The molecule has 2 unspecified atom stereocenters. The number of amides is 2. The Kier molecular flexibility index (Phi) is 5.57. The Morgan fingerprint density at radius 2 is 2.23 bits per heavy atom. The molecule has 2 atom stereocenters. The van der Waals surface area contributed by atoms with Crippen LogP contribution in [0.3, 0.4) is 0 Å². The second kappa shape index (κ2) is 7.42. The molecule has 0 N–H and O–H groups in total. The minimum atomic E-state index is -0.496. The topological polar surface area (TPSA) is 64.4 Å². The smallest absolute Gasteiger partial charge is 0.416 e. The van der Waals surface area contributed by atoms with Crippen molar-refractivity contribution in [1.82, 2.24) is 14.5 Å². The average molecular weight is 307 g/mol. The number of aryl methyl sites for hydroxylation is 1. The van der Waals surface area contributed by atoms with E-state index in [1.165, 1.54) is 4.90 Å². The van der Waals surface area contributed by atoms with Crippen molar-refractivity contribution in [2.75, 3.05) is 13.2 Å². The Morgan fingerprint density at radius 1 is 1.45 bits per heavy atom. The van der Waals surface area contributed by atoms with E-state index in [2.05, 4.69) is 4.98 Å². The molecule has 22 heavy (non-hydrogen) atoms. The molecular weight excluding hydrogens is 282 g/mol. The first-order valence-corrected chi connectivity index (χ1v) is 8.01. The maximum atomic E-state index is 12.4. The van der Waals surface area contributed by atoms with Gasteiger partial charge >= 0.3 is 6.09 Å². The number of hydrogen-bond donors (Lipinski definition) is 0. The number of imidazole rings is 1. The van der Waals surface area contributed by atoms with E-state index in [-0.39, 0.29) is 17.7 Å². The first-order chi connectivity index (χ1) is 10.6. The SMILES string of the molecule is CCCCOC(=O)N1CC(Cc2cncn2C)C(CC)C1=O. The molecule has 6 nitrogen and oxygen atoms in total. The molecule has 0 aromatic carbocycles. The van der Waals surface area contributed by atoms with Gasteiger partial charge in [-0.05, 0) is 25.2 Å². The second-order valence-electron chi connectivity index (χ2n) is 5.89. The summed E-state index contributed by atoms with van der Waals surface area (Å²) in [6, 6.07) is 0. The fourth-order valence-electron chi connectivity index (χ4n) is 2.96. The van der Waals surface area contributed by atoms with E-state index in [4.69, 9.17) is 4.74 Å². The van der Waals surface area contributed by atoms with Crippen LogP contribution in [0, 0.1) is 11.8 Å². The van der Waals surface area contributed by atoms with Crippen molar-refractivity contribution in [1.29, 1.82) is 0 Å². The van der Waals surface area contributed by atoms with Crippen molar-refractivity contribution < 1.29 is 14.3 Å². The van der Waals surface area contributed by atoms with E-state index >= 15 is 0 Å². The highest BCUT2D eigenvalue weighted by Crippen LogP contribution is 2.30. The van der Waals surface area contributed by atoms with Crippen LogP contribution in [0.4, 0.5) is 4.79 Å².